The molecule has 7 heteroatoms. The Morgan fingerprint density at radius 1 is 0.484 bits per heavy atom. The molecule has 0 radical (unpaired) electrons. The number of piperidine rings is 1. The smallest absolute Gasteiger partial charge is 0.236 e. The number of amides is 1. The number of ether oxygens (including phenoxy) is 1. The van der Waals surface area contributed by atoms with Gasteiger partial charge in [-0.25, -0.2) is 0 Å². The first-order valence-corrected chi connectivity index (χ1v) is 28.9. The number of unbranched alkanes of at least 4 members (excludes halogenated alkanes) is 27. The van der Waals surface area contributed by atoms with E-state index < -0.39 is 0 Å². The molecule has 0 saturated carbocycles. The lowest BCUT2D eigenvalue weighted by Crippen LogP contribution is -2.47. The third-order valence-corrected chi connectivity index (χ3v) is 13.9. The van der Waals surface area contributed by atoms with Crippen LogP contribution in [0.3, 0.4) is 0 Å². The van der Waals surface area contributed by atoms with Crippen molar-refractivity contribution >= 4 is 12.2 Å². The second kappa shape index (κ2) is 51.4. The van der Waals surface area contributed by atoms with Gasteiger partial charge in [-0.05, 0) is 103 Å². The zero-order valence-electron chi connectivity index (χ0n) is 44.6. The Morgan fingerprint density at radius 2 is 0.859 bits per heavy atom. The van der Waals surface area contributed by atoms with Gasteiger partial charge in [0.25, 0.3) is 0 Å². The first-order chi connectivity index (χ1) is 31.5. The fraction of sp³-hybridized carbons (Fsp3) is 0.965. The van der Waals surface area contributed by atoms with Crippen molar-refractivity contribution in [3.63, 3.8) is 0 Å². The standard InChI is InChI=1S/C51H102N4O2.C6H14O/c1-5-9-13-17-21-25-29-38-52(41-33-34-47-56)44-37-50-36-35-43-55(48-50)51(57)49-54(42-32-28-24-20-16-12-8-4)46-45-53(39-30-26-22-18-14-10-6-2)40-31-27-23-19-15-11-7-3;1-3-4-5-6-7-2/h47,50H,5-46,48-49H2,1-4H3;3-6H2,1-2H3. The fourth-order valence-corrected chi connectivity index (χ4v) is 9.47. The van der Waals surface area contributed by atoms with Crippen molar-refractivity contribution in [3.8, 4) is 0 Å². The van der Waals surface area contributed by atoms with E-state index in [9.17, 15) is 9.59 Å². The van der Waals surface area contributed by atoms with E-state index in [1.165, 1.54) is 225 Å². The molecule has 1 heterocycles. The lowest BCUT2D eigenvalue weighted by atomic mass is 9.94. The molecule has 1 aliphatic rings. The Kier molecular flexibility index (Phi) is 50.6. The van der Waals surface area contributed by atoms with Crippen LogP contribution in [0.1, 0.15) is 266 Å². The molecule has 1 amide bonds. The molecule has 1 atom stereocenters. The summed E-state index contributed by atoms with van der Waals surface area (Å²) in [5.41, 5.74) is 0. The van der Waals surface area contributed by atoms with Gasteiger partial charge in [0.15, 0.2) is 0 Å². The van der Waals surface area contributed by atoms with E-state index in [1.54, 1.807) is 7.11 Å². The molecule has 0 aromatic carbocycles. The Bertz CT molecular complexity index is 914. The van der Waals surface area contributed by atoms with Crippen LogP contribution >= 0.6 is 0 Å². The van der Waals surface area contributed by atoms with Gasteiger partial charge in [-0.3, -0.25) is 9.69 Å². The van der Waals surface area contributed by atoms with Crippen molar-refractivity contribution in [1.82, 2.24) is 19.6 Å². The van der Waals surface area contributed by atoms with Crippen molar-refractivity contribution in [2.45, 2.75) is 266 Å². The molecule has 1 rings (SSSR count). The van der Waals surface area contributed by atoms with Gasteiger partial charge in [0.05, 0.1) is 6.54 Å². The third-order valence-electron chi connectivity index (χ3n) is 13.9. The minimum Gasteiger partial charge on any atom is -0.385 e. The van der Waals surface area contributed by atoms with Gasteiger partial charge in [-0.15, -0.1) is 0 Å². The number of carbonyl (C=O) groups is 2. The Labute approximate surface area is 402 Å². The average molecular weight is 906 g/mol. The maximum Gasteiger partial charge on any atom is 0.236 e. The summed E-state index contributed by atoms with van der Waals surface area (Å²) in [6.07, 6.45) is 47.9. The molecule has 64 heavy (non-hydrogen) atoms. The van der Waals surface area contributed by atoms with Crippen molar-refractivity contribution in [2.75, 3.05) is 85.7 Å². The summed E-state index contributed by atoms with van der Waals surface area (Å²) < 4.78 is 4.84. The van der Waals surface area contributed by atoms with Gasteiger partial charge in [-0.2, -0.15) is 0 Å². The number of hydrogen-bond acceptors (Lipinski definition) is 6. The molecular formula is C57H116N4O3. The molecule has 0 aromatic heterocycles. The molecule has 0 N–H and O–H groups in total. The molecule has 382 valence electrons. The van der Waals surface area contributed by atoms with E-state index in [-0.39, 0.29) is 0 Å². The van der Waals surface area contributed by atoms with Gasteiger partial charge in [0.1, 0.15) is 6.29 Å². The second-order valence-electron chi connectivity index (χ2n) is 20.1. The Balaban J connectivity index is 0.00000520. The normalized spacial score (nSPS) is 14.2. The molecule has 7 nitrogen and oxygen atoms in total. The summed E-state index contributed by atoms with van der Waals surface area (Å²) in [5, 5.41) is 0. The zero-order valence-corrected chi connectivity index (χ0v) is 44.6. The fourth-order valence-electron chi connectivity index (χ4n) is 9.47. The van der Waals surface area contributed by atoms with E-state index in [2.05, 4.69) is 54.2 Å². The predicted octanol–water partition coefficient (Wildman–Crippen LogP) is 15.3. The van der Waals surface area contributed by atoms with E-state index in [1.807, 2.05) is 0 Å². The molecule has 1 saturated heterocycles. The summed E-state index contributed by atoms with van der Waals surface area (Å²) >= 11 is 0. The maximum absolute atomic E-state index is 14.1. The van der Waals surface area contributed by atoms with Crippen LogP contribution in [0.5, 0.6) is 0 Å². The van der Waals surface area contributed by atoms with Crippen LogP contribution < -0.4 is 0 Å². The highest BCUT2D eigenvalue weighted by atomic mass is 16.5. The molecule has 0 aliphatic carbocycles. The van der Waals surface area contributed by atoms with Crippen LogP contribution in [0.15, 0.2) is 0 Å². The molecular weight excluding hydrogens is 789 g/mol. The first-order valence-electron chi connectivity index (χ1n) is 28.9. The zero-order chi connectivity index (χ0) is 46.8. The second-order valence-corrected chi connectivity index (χ2v) is 20.1. The van der Waals surface area contributed by atoms with Crippen LogP contribution in [0.4, 0.5) is 0 Å². The van der Waals surface area contributed by atoms with Gasteiger partial charge >= 0.3 is 0 Å². The number of aldehydes is 1. The number of carbonyl (C=O) groups excluding carboxylic acids is 2. The van der Waals surface area contributed by atoms with Gasteiger partial charge in [0.2, 0.25) is 5.91 Å². The predicted molar refractivity (Wildman–Crippen MR) is 282 cm³/mol. The average Bonchev–Trinajstić information content (AvgIpc) is 3.31. The lowest BCUT2D eigenvalue weighted by Gasteiger charge is -2.36. The largest absolute Gasteiger partial charge is 0.385 e. The van der Waals surface area contributed by atoms with Gasteiger partial charge in [0, 0.05) is 46.3 Å². The highest BCUT2D eigenvalue weighted by Gasteiger charge is 2.25. The van der Waals surface area contributed by atoms with E-state index >= 15 is 0 Å². The third kappa shape index (κ3) is 42.3. The van der Waals surface area contributed by atoms with Crippen molar-refractivity contribution in [3.05, 3.63) is 0 Å². The van der Waals surface area contributed by atoms with E-state index in [0.717, 1.165) is 78.1 Å². The van der Waals surface area contributed by atoms with Gasteiger partial charge in [-0.1, -0.05) is 202 Å². The Morgan fingerprint density at radius 3 is 1.30 bits per heavy atom. The molecule has 1 aliphatic heterocycles. The van der Waals surface area contributed by atoms with Crippen molar-refractivity contribution in [2.24, 2.45) is 5.92 Å². The first kappa shape index (κ1) is 63.0. The van der Waals surface area contributed by atoms with Crippen LogP contribution in [0.25, 0.3) is 0 Å². The molecule has 1 unspecified atom stereocenters. The summed E-state index contributed by atoms with van der Waals surface area (Å²) in [6.45, 7) is 23.7. The SMILES string of the molecule is CCCCCCCCCN(CCCC=O)CCC1CCCN(C(=O)CN(CCCCCCCCC)CCN(CCCCCCCCC)CCCCCCCCC)C1.CCCCCOC. The number of likely N-dealkylation sites (tertiary alicyclic amines) is 1. The molecule has 1 fully saturated rings. The number of methoxy groups -OCH3 is 1. The number of nitrogens with zero attached hydrogens (tertiary/aromatic N) is 4. The molecule has 0 aromatic rings. The monoisotopic (exact) mass is 905 g/mol. The van der Waals surface area contributed by atoms with Crippen LogP contribution in [0.2, 0.25) is 0 Å². The van der Waals surface area contributed by atoms with E-state index in [0.29, 0.717) is 24.8 Å². The van der Waals surface area contributed by atoms with Crippen molar-refractivity contribution < 1.29 is 14.3 Å². The highest BCUT2D eigenvalue weighted by molar-refractivity contribution is 5.78. The lowest BCUT2D eigenvalue weighted by molar-refractivity contribution is -0.134. The number of hydrogen-bond donors (Lipinski definition) is 0. The van der Waals surface area contributed by atoms with Gasteiger partial charge < -0.3 is 24.2 Å². The van der Waals surface area contributed by atoms with E-state index in [4.69, 9.17) is 4.74 Å². The summed E-state index contributed by atoms with van der Waals surface area (Å²) in [5.74, 6) is 0.973. The molecule has 0 spiro atoms. The molecule has 0 bridgehead atoms. The van der Waals surface area contributed by atoms with Crippen LogP contribution in [-0.2, 0) is 14.3 Å². The summed E-state index contributed by atoms with van der Waals surface area (Å²) in [4.78, 5) is 35.3. The quantitative estimate of drug-likeness (QED) is 0.0448. The summed E-state index contributed by atoms with van der Waals surface area (Å²) in [6, 6.07) is 0. The van der Waals surface area contributed by atoms with Crippen LogP contribution in [-0.4, -0.2) is 118 Å². The minimum atomic E-state index is 0.374. The minimum absolute atomic E-state index is 0.374. The van der Waals surface area contributed by atoms with Crippen LogP contribution in [0, 0.1) is 5.92 Å². The highest BCUT2D eigenvalue weighted by Crippen LogP contribution is 2.21. The van der Waals surface area contributed by atoms with Crippen molar-refractivity contribution in [1.29, 1.82) is 0 Å². The summed E-state index contributed by atoms with van der Waals surface area (Å²) in [7, 11) is 1.75. The number of rotatable bonds is 48. The topological polar surface area (TPSA) is 56.3 Å². The maximum atomic E-state index is 14.1. The Hall–Kier alpha value is -1.02.